The van der Waals surface area contributed by atoms with Crippen molar-refractivity contribution in [3.63, 3.8) is 0 Å². The molecule has 0 spiro atoms. The highest BCUT2D eigenvalue weighted by molar-refractivity contribution is 7.87. The van der Waals surface area contributed by atoms with Crippen molar-refractivity contribution in [2.24, 2.45) is 0 Å². The molecule has 0 amide bonds. The van der Waals surface area contributed by atoms with Gasteiger partial charge in [-0.1, -0.05) is 0 Å². The Bertz CT molecular complexity index is 1520. The molecule has 5 rings (SSSR count). The minimum Gasteiger partial charge on any atom is -0.354 e. The zero-order valence-electron chi connectivity index (χ0n) is 20.3. The molecule has 12 heteroatoms. The number of anilines is 1. The van der Waals surface area contributed by atoms with Gasteiger partial charge in [0.25, 0.3) is 10.2 Å². The minimum absolute atomic E-state index is 0.379. The molecule has 1 fully saturated rings. The van der Waals surface area contributed by atoms with E-state index >= 15 is 0 Å². The van der Waals surface area contributed by atoms with E-state index in [1.54, 1.807) is 29.3 Å². The van der Waals surface area contributed by atoms with Gasteiger partial charge in [0.05, 0.1) is 23.5 Å². The van der Waals surface area contributed by atoms with Crippen LogP contribution in [0.5, 0.6) is 0 Å². The first kappa shape index (κ1) is 23.9. The average molecular weight is 506 g/mol. The van der Waals surface area contributed by atoms with Crippen molar-refractivity contribution in [1.29, 1.82) is 5.26 Å². The van der Waals surface area contributed by atoms with E-state index in [1.165, 1.54) is 4.31 Å². The number of nitrogens with one attached hydrogen (secondary N) is 2. The third kappa shape index (κ3) is 4.68. The summed E-state index contributed by atoms with van der Waals surface area (Å²) in [6.45, 7) is 7.32. The summed E-state index contributed by atoms with van der Waals surface area (Å²) >= 11 is 0. The fourth-order valence-electron chi connectivity index (χ4n) is 4.33. The average Bonchev–Trinajstić information content (AvgIpc) is 3.52. The van der Waals surface area contributed by atoms with Crippen LogP contribution < -0.4 is 9.62 Å². The maximum absolute atomic E-state index is 12.6. The van der Waals surface area contributed by atoms with Crippen LogP contribution in [0.2, 0.25) is 0 Å². The van der Waals surface area contributed by atoms with Gasteiger partial charge in [-0.25, -0.2) is 9.50 Å². The van der Waals surface area contributed by atoms with Crippen LogP contribution in [0.25, 0.3) is 27.8 Å². The Morgan fingerprint density at radius 2 is 1.83 bits per heavy atom. The van der Waals surface area contributed by atoms with Gasteiger partial charge < -0.3 is 4.90 Å². The van der Waals surface area contributed by atoms with Crippen molar-refractivity contribution < 1.29 is 8.42 Å². The van der Waals surface area contributed by atoms with Crippen molar-refractivity contribution in [2.45, 2.75) is 26.3 Å². The monoisotopic (exact) mass is 505 g/mol. The molecule has 0 saturated carbocycles. The maximum Gasteiger partial charge on any atom is 0.280 e. The number of aromatic amines is 1. The first-order valence-electron chi connectivity index (χ1n) is 11.6. The highest BCUT2D eigenvalue weighted by atomic mass is 32.2. The molecule has 1 aliphatic heterocycles. The molecule has 1 saturated heterocycles. The Labute approximate surface area is 209 Å². The number of fused-ring (bicyclic) bond motifs is 1. The number of nitrogens with zero attached hydrogens (tertiary/aromatic N) is 7. The molecule has 186 valence electrons. The van der Waals surface area contributed by atoms with Gasteiger partial charge in [-0.05, 0) is 39.0 Å². The highest BCUT2D eigenvalue weighted by Gasteiger charge is 2.30. The number of aromatic nitrogens is 5. The van der Waals surface area contributed by atoms with Crippen molar-refractivity contribution in [3.05, 3.63) is 54.7 Å². The molecular weight excluding hydrogens is 478 g/mol. The standard InChI is InChI=1S/C24H27N9O2S/c1-24(2,3)30-36(34,35)32-8-6-31(7-9-32)22-5-4-17(12-26-22)21-10-18(20-13-27-28-14-20)16-33-23(21)19(11-25)15-29-33/h4-5,10,12-16,30H,6-9H2,1-3H3,(H,27,28). The van der Waals surface area contributed by atoms with Gasteiger partial charge in [-0.2, -0.15) is 32.9 Å². The van der Waals surface area contributed by atoms with Crippen molar-refractivity contribution in [3.8, 4) is 28.3 Å². The zero-order chi connectivity index (χ0) is 25.5. The topological polar surface area (TPSA) is 135 Å². The molecule has 4 aromatic heterocycles. The van der Waals surface area contributed by atoms with Gasteiger partial charge in [0.1, 0.15) is 11.9 Å². The Hall–Kier alpha value is -3.79. The van der Waals surface area contributed by atoms with E-state index in [4.69, 9.17) is 0 Å². The lowest BCUT2D eigenvalue weighted by atomic mass is 10.0. The van der Waals surface area contributed by atoms with Crippen molar-refractivity contribution in [2.75, 3.05) is 31.1 Å². The molecular formula is C24H27N9O2S. The molecule has 1 aliphatic rings. The summed E-state index contributed by atoms with van der Waals surface area (Å²) in [5, 5.41) is 20.8. The van der Waals surface area contributed by atoms with Gasteiger partial charge >= 0.3 is 0 Å². The number of rotatable bonds is 5. The Morgan fingerprint density at radius 3 is 2.44 bits per heavy atom. The molecule has 4 aromatic rings. The zero-order valence-corrected chi connectivity index (χ0v) is 21.1. The molecule has 0 aromatic carbocycles. The number of pyridine rings is 2. The quantitative estimate of drug-likeness (QED) is 0.425. The Balaban J connectivity index is 1.40. The largest absolute Gasteiger partial charge is 0.354 e. The van der Waals surface area contributed by atoms with Crippen LogP contribution >= 0.6 is 0 Å². The van der Waals surface area contributed by atoms with Gasteiger partial charge in [-0.15, -0.1) is 0 Å². The van der Waals surface area contributed by atoms with E-state index in [9.17, 15) is 13.7 Å². The summed E-state index contributed by atoms with van der Waals surface area (Å²) in [4.78, 5) is 6.75. The third-order valence-corrected chi connectivity index (χ3v) is 7.88. The van der Waals surface area contributed by atoms with Gasteiger partial charge in [0.2, 0.25) is 0 Å². The van der Waals surface area contributed by atoms with E-state index in [0.717, 1.165) is 28.1 Å². The Kier molecular flexibility index (Phi) is 5.99. The van der Waals surface area contributed by atoms with Crippen molar-refractivity contribution >= 4 is 21.5 Å². The molecule has 36 heavy (non-hydrogen) atoms. The number of nitriles is 1. The summed E-state index contributed by atoms with van der Waals surface area (Å²) in [6.07, 6.45) is 8.74. The minimum atomic E-state index is -3.54. The van der Waals surface area contributed by atoms with Crippen LogP contribution in [0.3, 0.4) is 0 Å². The lowest BCUT2D eigenvalue weighted by Gasteiger charge is -2.36. The maximum atomic E-state index is 12.6. The molecule has 0 radical (unpaired) electrons. The second-order valence-corrected chi connectivity index (χ2v) is 11.4. The SMILES string of the molecule is CC(C)(C)NS(=O)(=O)N1CCN(c2ccc(-c3cc(-c4cn[nH]c4)cn4ncc(C#N)c34)cn2)CC1. The Morgan fingerprint density at radius 1 is 1.06 bits per heavy atom. The second kappa shape index (κ2) is 9.02. The summed E-state index contributed by atoms with van der Waals surface area (Å²) in [5.41, 5.74) is 4.16. The summed E-state index contributed by atoms with van der Waals surface area (Å²) < 4.78 is 31.2. The van der Waals surface area contributed by atoms with Gasteiger partial charge in [0, 0.05) is 72.6 Å². The number of hydrogen-bond donors (Lipinski definition) is 2. The molecule has 0 atom stereocenters. The molecule has 0 bridgehead atoms. The van der Waals surface area contributed by atoms with E-state index in [-0.39, 0.29) is 0 Å². The predicted octanol–water partition coefficient (Wildman–Crippen LogP) is 2.41. The van der Waals surface area contributed by atoms with E-state index in [0.29, 0.717) is 37.3 Å². The number of piperazine rings is 1. The summed E-state index contributed by atoms with van der Waals surface area (Å²) in [5.74, 6) is 0.774. The van der Waals surface area contributed by atoms with Crippen LogP contribution in [-0.4, -0.2) is 69.2 Å². The second-order valence-electron chi connectivity index (χ2n) is 9.74. The fraction of sp³-hybridized carbons (Fsp3) is 0.333. The van der Waals surface area contributed by atoms with Crippen LogP contribution in [0, 0.1) is 11.3 Å². The van der Waals surface area contributed by atoms with Crippen LogP contribution in [0.1, 0.15) is 26.3 Å². The third-order valence-electron chi connectivity index (χ3n) is 5.96. The van der Waals surface area contributed by atoms with Crippen LogP contribution in [0.4, 0.5) is 5.82 Å². The first-order valence-corrected chi connectivity index (χ1v) is 13.0. The fourth-order valence-corrected chi connectivity index (χ4v) is 5.88. The summed E-state index contributed by atoms with van der Waals surface area (Å²) in [6, 6.07) is 8.12. The first-order chi connectivity index (χ1) is 17.1. The number of hydrogen-bond acceptors (Lipinski definition) is 7. The van der Waals surface area contributed by atoms with Crippen LogP contribution in [-0.2, 0) is 10.2 Å². The van der Waals surface area contributed by atoms with Crippen LogP contribution in [0.15, 0.2) is 49.2 Å². The smallest absolute Gasteiger partial charge is 0.280 e. The summed E-state index contributed by atoms with van der Waals surface area (Å²) in [7, 11) is -3.54. The molecule has 0 aliphatic carbocycles. The van der Waals surface area contributed by atoms with Crippen molar-refractivity contribution in [1.82, 2.24) is 33.8 Å². The van der Waals surface area contributed by atoms with Gasteiger partial charge in [-0.3, -0.25) is 5.10 Å². The van der Waals surface area contributed by atoms with E-state index in [2.05, 4.69) is 36.0 Å². The molecule has 0 unspecified atom stereocenters. The molecule has 11 nitrogen and oxygen atoms in total. The lowest BCUT2D eigenvalue weighted by Crippen LogP contribution is -2.55. The molecule has 2 N–H and O–H groups in total. The number of H-pyrrole nitrogens is 1. The van der Waals surface area contributed by atoms with E-state index < -0.39 is 15.7 Å². The normalized spacial score (nSPS) is 15.3. The van der Waals surface area contributed by atoms with Gasteiger partial charge in [0.15, 0.2) is 0 Å². The highest BCUT2D eigenvalue weighted by Crippen LogP contribution is 2.32. The predicted molar refractivity (Wildman–Crippen MR) is 136 cm³/mol. The molecule has 5 heterocycles. The lowest BCUT2D eigenvalue weighted by molar-refractivity contribution is 0.364. The van der Waals surface area contributed by atoms with E-state index in [1.807, 2.05) is 45.2 Å².